The Morgan fingerprint density at radius 3 is 2.70 bits per heavy atom. The molecule has 0 bridgehead atoms. The minimum atomic E-state index is -1.68. The second-order valence-electron chi connectivity index (χ2n) is 12.6. The first-order valence-corrected chi connectivity index (χ1v) is 17.1. The minimum Gasteiger partial charge on any atom is -0.461 e. The number of rotatable bonds is 13. The Morgan fingerprint density at radius 1 is 1.26 bits per heavy atom. The molecular formula is C36H38F4N8OS. The third-order valence-corrected chi connectivity index (χ3v) is 10.2. The van der Waals surface area contributed by atoms with Gasteiger partial charge in [0.05, 0.1) is 26.9 Å². The van der Waals surface area contributed by atoms with Gasteiger partial charge in [0.15, 0.2) is 5.82 Å². The highest BCUT2D eigenvalue weighted by Gasteiger charge is 2.48. The van der Waals surface area contributed by atoms with Gasteiger partial charge in [-0.2, -0.15) is 29.3 Å². The van der Waals surface area contributed by atoms with Gasteiger partial charge in [-0.25, -0.2) is 8.78 Å². The maximum Gasteiger partial charge on any atom is 0.319 e. The number of nitrogens with zero attached hydrogens (tertiary/aromatic N) is 5. The van der Waals surface area contributed by atoms with Gasteiger partial charge in [0.25, 0.3) is 6.08 Å². The van der Waals surface area contributed by atoms with Crippen molar-refractivity contribution in [1.29, 1.82) is 10.5 Å². The van der Waals surface area contributed by atoms with Crippen molar-refractivity contribution in [1.82, 2.24) is 20.2 Å². The SMILES string of the molecule is C=C(C)c1c(C#N)c(/C=C/C=C(/F)c2cc(C#N)c(N)s2)c(F)c2nc(OCC34CCCN3CC(=C(F)F)C4)nc(NCCN[C@H](C)CC)c12. The number of aromatic nitrogens is 2. The van der Waals surface area contributed by atoms with Crippen molar-refractivity contribution >= 4 is 50.5 Å². The minimum absolute atomic E-state index is 0.0210. The smallest absolute Gasteiger partial charge is 0.319 e. The van der Waals surface area contributed by atoms with Crippen LogP contribution in [0.5, 0.6) is 6.01 Å². The number of halogens is 4. The first-order chi connectivity index (χ1) is 23.9. The van der Waals surface area contributed by atoms with E-state index >= 15 is 4.39 Å². The highest BCUT2D eigenvalue weighted by atomic mass is 32.1. The number of hydrogen-bond acceptors (Lipinski definition) is 10. The number of hydrogen-bond donors (Lipinski definition) is 3. The molecule has 0 spiro atoms. The van der Waals surface area contributed by atoms with Crippen LogP contribution in [0.25, 0.3) is 28.4 Å². The lowest BCUT2D eigenvalue weighted by Gasteiger charge is -2.30. The van der Waals surface area contributed by atoms with Gasteiger partial charge < -0.3 is 21.1 Å². The van der Waals surface area contributed by atoms with Gasteiger partial charge in [-0.1, -0.05) is 25.7 Å². The number of ether oxygens (including phenoxy) is 1. The summed E-state index contributed by atoms with van der Waals surface area (Å²) in [6.45, 7) is 11.6. The van der Waals surface area contributed by atoms with Crippen LogP contribution < -0.4 is 21.1 Å². The topological polar surface area (TPSA) is 136 Å². The van der Waals surface area contributed by atoms with Crippen LogP contribution in [0.3, 0.4) is 0 Å². The molecule has 1 unspecified atom stereocenters. The fourth-order valence-electron chi connectivity index (χ4n) is 6.45. The molecule has 2 atom stereocenters. The zero-order valence-corrected chi connectivity index (χ0v) is 28.9. The zero-order valence-electron chi connectivity index (χ0n) is 28.1. The molecule has 2 aliphatic heterocycles. The maximum absolute atomic E-state index is 16.6. The predicted octanol–water partition coefficient (Wildman–Crippen LogP) is 7.78. The standard InChI is InChI=1S/C36H38F4N8OS/c1-5-21(4)44-11-12-45-34-29-28(20(2)3)25(17-42)24(8-6-9-26(37)27-14-22(16-41)33(43)50-27)30(38)31(29)46-35(47-34)49-19-36-10-7-13-48(36)18-23(15-36)32(39)40/h6,8-9,14,21,44H,2,5,7,10-13,15,18-19,43H2,1,3-4H3,(H,45,46,47)/b8-6+,26-9+/t21-,36?/m1/s1. The van der Waals surface area contributed by atoms with Gasteiger partial charge in [-0.05, 0) is 63.8 Å². The molecule has 2 fully saturated rings. The van der Waals surface area contributed by atoms with Crippen LogP contribution in [0.2, 0.25) is 0 Å². The summed E-state index contributed by atoms with van der Waals surface area (Å²) in [6.07, 6.45) is 4.49. The van der Waals surface area contributed by atoms with Crippen molar-refractivity contribution in [2.45, 2.75) is 58.0 Å². The maximum atomic E-state index is 16.6. The molecule has 4 heterocycles. The number of anilines is 2. The van der Waals surface area contributed by atoms with Crippen LogP contribution in [0.4, 0.5) is 28.4 Å². The van der Waals surface area contributed by atoms with E-state index in [9.17, 15) is 18.4 Å². The van der Waals surface area contributed by atoms with E-state index in [4.69, 9.17) is 15.7 Å². The number of benzene rings is 1. The average Bonchev–Trinajstić information content (AvgIpc) is 3.78. The van der Waals surface area contributed by atoms with Crippen LogP contribution in [0, 0.1) is 28.5 Å². The molecule has 2 saturated heterocycles. The van der Waals surface area contributed by atoms with E-state index in [-0.39, 0.29) is 80.5 Å². The molecule has 0 radical (unpaired) electrons. The molecule has 2 aromatic heterocycles. The largest absolute Gasteiger partial charge is 0.461 e. The number of allylic oxidation sites excluding steroid dienone is 3. The number of nitrogen functional groups attached to an aromatic ring is 1. The summed E-state index contributed by atoms with van der Waals surface area (Å²) in [6, 6.07) is 5.41. The molecule has 0 amide bonds. The van der Waals surface area contributed by atoms with Crippen molar-refractivity contribution in [3.8, 4) is 18.1 Å². The summed E-state index contributed by atoms with van der Waals surface area (Å²) in [5.74, 6) is -1.34. The van der Waals surface area contributed by atoms with Crippen molar-refractivity contribution < 1.29 is 22.3 Å². The van der Waals surface area contributed by atoms with Gasteiger partial charge in [0, 0.05) is 42.4 Å². The monoisotopic (exact) mass is 706 g/mol. The molecule has 4 N–H and O–H groups in total. The number of fused-ring (bicyclic) bond motifs is 2. The van der Waals surface area contributed by atoms with E-state index in [1.807, 2.05) is 11.0 Å². The number of nitriles is 2. The Labute approximate surface area is 292 Å². The second kappa shape index (κ2) is 15.4. The fourth-order valence-corrected chi connectivity index (χ4v) is 7.25. The van der Waals surface area contributed by atoms with E-state index in [0.29, 0.717) is 37.2 Å². The summed E-state index contributed by atoms with van der Waals surface area (Å²) < 4.78 is 64.9. The predicted molar refractivity (Wildman–Crippen MR) is 190 cm³/mol. The molecule has 5 rings (SSSR count). The van der Waals surface area contributed by atoms with E-state index < -0.39 is 23.3 Å². The Balaban J connectivity index is 1.59. The van der Waals surface area contributed by atoms with E-state index in [0.717, 1.165) is 30.3 Å². The zero-order chi connectivity index (χ0) is 36.2. The highest BCUT2D eigenvalue weighted by Crippen LogP contribution is 2.43. The molecule has 14 heteroatoms. The molecule has 3 aromatic rings. The Bertz CT molecular complexity index is 1990. The van der Waals surface area contributed by atoms with Crippen LogP contribution in [0.1, 0.15) is 73.6 Å². The van der Waals surface area contributed by atoms with Crippen LogP contribution in [-0.4, -0.2) is 59.2 Å². The Kier molecular flexibility index (Phi) is 11.3. The molecule has 50 heavy (non-hydrogen) atoms. The second-order valence-corrected chi connectivity index (χ2v) is 13.7. The lowest BCUT2D eigenvalue weighted by molar-refractivity contribution is 0.108. The van der Waals surface area contributed by atoms with E-state index in [1.165, 1.54) is 18.2 Å². The summed E-state index contributed by atoms with van der Waals surface area (Å²) in [4.78, 5) is 11.2. The number of nitrogens with two attached hydrogens (primary N) is 1. The Hall–Kier alpha value is -4.76. The quantitative estimate of drug-likeness (QED) is 0.0925. The van der Waals surface area contributed by atoms with Gasteiger partial charge in [0.2, 0.25) is 0 Å². The lowest BCUT2D eigenvalue weighted by Crippen LogP contribution is -2.43. The third-order valence-electron chi connectivity index (χ3n) is 9.19. The average molecular weight is 707 g/mol. The van der Waals surface area contributed by atoms with Gasteiger partial charge in [-0.3, -0.25) is 4.90 Å². The first kappa shape index (κ1) is 36.5. The summed E-state index contributed by atoms with van der Waals surface area (Å²) in [7, 11) is 0. The number of thiophene rings is 1. The van der Waals surface area contributed by atoms with Crippen LogP contribution >= 0.6 is 11.3 Å². The summed E-state index contributed by atoms with van der Waals surface area (Å²) in [5.41, 5.74) is 5.76. The molecule has 2 aliphatic rings. The van der Waals surface area contributed by atoms with E-state index in [2.05, 4.69) is 47.1 Å². The van der Waals surface area contributed by atoms with Gasteiger partial charge in [-0.15, -0.1) is 11.3 Å². The molecule has 0 aliphatic carbocycles. The molecule has 1 aromatic carbocycles. The highest BCUT2D eigenvalue weighted by molar-refractivity contribution is 7.17. The van der Waals surface area contributed by atoms with Crippen LogP contribution in [0.15, 0.2) is 36.5 Å². The molecule has 262 valence electrons. The summed E-state index contributed by atoms with van der Waals surface area (Å²) >= 11 is 0.902. The van der Waals surface area contributed by atoms with Crippen molar-refractivity contribution in [2.75, 3.05) is 43.8 Å². The van der Waals surface area contributed by atoms with Gasteiger partial charge >= 0.3 is 6.01 Å². The molecule has 9 nitrogen and oxygen atoms in total. The molecular weight excluding hydrogens is 669 g/mol. The fraction of sp³-hybridized carbons (Fsp3) is 0.389. The van der Waals surface area contributed by atoms with Crippen molar-refractivity contribution in [3.63, 3.8) is 0 Å². The van der Waals surface area contributed by atoms with Crippen molar-refractivity contribution in [3.05, 3.63) is 69.4 Å². The normalized spacial score (nSPS) is 18.3. The van der Waals surface area contributed by atoms with Crippen LogP contribution in [-0.2, 0) is 0 Å². The van der Waals surface area contributed by atoms with Crippen molar-refractivity contribution in [2.24, 2.45) is 0 Å². The van der Waals surface area contributed by atoms with Gasteiger partial charge in [0.1, 0.15) is 40.9 Å². The summed E-state index contributed by atoms with van der Waals surface area (Å²) in [5, 5.41) is 26.5. The van der Waals surface area contributed by atoms with E-state index in [1.54, 1.807) is 6.92 Å². The Morgan fingerprint density at radius 2 is 2.04 bits per heavy atom. The molecule has 0 saturated carbocycles. The number of nitrogens with one attached hydrogen (secondary N) is 2. The third kappa shape index (κ3) is 7.38. The lowest BCUT2D eigenvalue weighted by atomic mass is 9.92. The first-order valence-electron chi connectivity index (χ1n) is 16.3.